The number of hydrogen-bond acceptors (Lipinski definition) is 4. The Bertz CT molecular complexity index is 507. The van der Waals surface area contributed by atoms with Crippen LogP contribution in [0.4, 0.5) is 4.39 Å². The van der Waals surface area contributed by atoms with E-state index in [0.29, 0.717) is 22.3 Å². The van der Waals surface area contributed by atoms with E-state index in [1.165, 1.54) is 10.9 Å². The lowest BCUT2D eigenvalue weighted by Crippen LogP contribution is -2.16. The van der Waals surface area contributed by atoms with Gasteiger partial charge in [0, 0.05) is 22.5 Å². The number of rotatable bonds is 3. The van der Waals surface area contributed by atoms with Crippen molar-refractivity contribution in [1.82, 2.24) is 20.2 Å². The molecule has 1 atom stereocenters. The average Bonchev–Trinajstić information content (AvgIpc) is 2.63. The highest BCUT2D eigenvalue weighted by Crippen LogP contribution is 2.26. The van der Waals surface area contributed by atoms with Crippen molar-refractivity contribution in [1.29, 1.82) is 0 Å². The summed E-state index contributed by atoms with van der Waals surface area (Å²) in [6, 6.07) is 4.25. The van der Waals surface area contributed by atoms with E-state index in [4.69, 9.17) is 5.73 Å². The summed E-state index contributed by atoms with van der Waals surface area (Å²) in [6.07, 6.45) is 0.341. The van der Waals surface area contributed by atoms with Crippen LogP contribution in [-0.2, 0) is 13.5 Å². The Morgan fingerprint density at radius 3 is 2.88 bits per heavy atom. The van der Waals surface area contributed by atoms with Crippen LogP contribution in [0.1, 0.15) is 17.4 Å². The van der Waals surface area contributed by atoms with Crippen molar-refractivity contribution in [2.45, 2.75) is 12.5 Å². The van der Waals surface area contributed by atoms with Crippen LogP contribution in [0.15, 0.2) is 22.7 Å². The summed E-state index contributed by atoms with van der Waals surface area (Å²) >= 11 is 3.28. The molecule has 0 aliphatic heterocycles. The monoisotopic (exact) mass is 299 g/mol. The molecule has 0 amide bonds. The molecule has 7 heteroatoms. The second-order valence-electron chi connectivity index (χ2n) is 3.64. The molecule has 17 heavy (non-hydrogen) atoms. The summed E-state index contributed by atoms with van der Waals surface area (Å²) in [5, 5.41) is 11.5. The number of tetrazole rings is 1. The first-order valence-corrected chi connectivity index (χ1v) is 5.79. The lowest BCUT2D eigenvalue weighted by Gasteiger charge is -2.12. The van der Waals surface area contributed by atoms with Gasteiger partial charge in [0.15, 0.2) is 5.82 Å². The molecule has 5 nitrogen and oxygen atoms in total. The third kappa shape index (κ3) is 2.67. The molecule has 0 spiro atoms. The Labute approximate surface area is 106 Å². The molecule has 0 radical (unpaired) electrons. The predicted octanol–water partition coefficient (Wildman–Crippen LogP) is 1.35. The highest BCUT2D eigenvalue weighted by Gasteiger charge is 2.17. The van der Waals surface area contributed by atoms with Crippen molar-refractivity contribution in [3.63, 3.8) is 0 Å². The van der Waals surface area contributed by atoms with Gasteiger partial charge in [-0.05, 0) is 17.3 Å². The van der Waals surface area contributed by atoms with Crippen molar-refractivity contribution in [3.8, 4) is 0 Å². The SMILES string of the molecule is Cn1nnc(CC(N)c2c(F)cccc2Br)n1. The van der Waals surface area contributed by atoms with E-state index in [1.807, 2.05) is 0 Å². The maximum atomic E-state index is 13.6. The van der Waals surface area contributed by atoms with E-state index in [-0.39, 0.29) is 5.82 Å². The highest BCUT2D eigenvalue weighted by molar-refractivity contribution is 9.10. The third-order valence-electron chi connectivity index (χ3n) is 2.32. The van der Waals surface area contributed by atoms with Crippen molar-refractivity contribution in [3.05, 3.63) is 39.9 Å². The molecule has 0 saturated carbocycles. The summed E-state index contributed by atoms with van der Waals surface area (Å²) < 4.78 is 14.3. The van der Waals surface area contributed by atoms with Gasteiger partial charge >= 0.3 is 0 Å². The van der Waals surface area contributed by atoms with Crippen LogP contribution in [0.5, 0.6) is 0 Å². The maximum Gasteiger partial charge on any atom is 0.176 e. The highest BCUT2D eigenvalue weighted by atomic mass is 79.9. The summed E-state index contributed by atoms with van der Waals surface area (Å²) in [6.45, 7) is 0. The smallest absolute Gasteiger partial charge is 0.176 e. The van der Waals surface area contributed by atoms with E-state index in [2.05, 4.69) is 31.3 Å². The zero-order chi connectivity index (χ0) is 12.4. The third-order valence-corrected chi connectivity index (χ3v) is 3.01. The number of aromatic nitrogens is 4. The van der Waals surface area contributed by atoms with Gasteiger partial charge in [-0.25, -0.2) is 4.39 Å². The number of halogens is 2. The standard InChI is InChI=1S/C10H11BrFN5/c1-17-15-9(14-16-17)5-8(13)10-6(11)3-2-4-7(10)12/h2-4,8H,5,13H2,1H3. The molecular weight excluding hydrogens is 289 g/mol. The van der Waals surface area contributed by atoms with Gasteiger partial charge in [0.2, 0.25) is 0 Å². The molecule has 1 unspecified atom stereocenters. The van der Waals surface area contributed by atoms with Crippen LogP contribution in [0.25, 0.3) is 0 Å². The molecular formula is C10H11BrFN5. The van der Waals surface area contributed by atoms with Crippen molar-refractivity contribution < 1.29 is 4.39 Å². The summed E-state index contributed by atoms with van der Waals surface area (Å²) in [5.74, 6) is 0.158. The van der Waals surface area contributed by atoms with Crippen LogP contribution in [0, 0.1) is 5.82 Å². The molecule has 1 aromatic carbocycles. The van der Waals surface area contributed by atoms with Crippen molar-refractivity contribution in [2.75, 3.05) is 0 Å². The van der Waals surface area contributed by atoms with Crippen LogP contribution in [-0.4, -0.2) is 20.2 Å². The Hall–Kier alpha value is -1.34. The lowest BCUT2D eigenvalue weighted by atomic mass is 10.0. The first-order valence-electron chi connectivity index (χ1n) is 5.00. The van der Waals surface area contributed by atoms with Crippen molar-refractivity contribution in [2.24, 2.45) is 12.8 Å². The van der Waals surface area contributed by atoms with Gasteiger partial charge in [-0.15, -0.1) is 10.2 Å². The molecule has 0 saturated heterocycles. The van der Waals surface area contributed by atoms with Crippen molar-refractivity contribution >= 4 is 15.9 Å². The van der Waals surface area contributed by atoms with E-state index < -0.39 is 6.04 Å². The van der Waals surface area contributed by atoms with Gasteiger partial charge in [0.05, 0.1) is 7.05 Å². The minimum absolute atomic E-state index is 0.337. The first kappa shape index (κ1) is 12.1. The maximum absolute atomic E-state index is 13.6. The zero-order valence-electron chi connectivity index (χ0n) is 9.14. The fourth-order valence-electron chi connectivity index (χ4n) is 1.57. The van der Waals surface area contributed by atoms with Gasteiger partial charge in [0.1, 0.15) is 5.82 Å². The summed E-state index contributed by atoms with van der Waals surface area (Å²) in [5.41, 5.74) is 6.38. The Kier molecular flexibility index (Phi) is 3.49. The summed E-state index contributed by atoms with van der Waals surface area (Å²) in [7, 11) is 1.67. The van der Waals surface area contributed by atoms with E-state index in [1.54, 1.807) is 19.2 Å². The first-order chi connectivity index (χ1) is 8.08. The minimum atomic E-state index is -0.505. The number of aryl methyl sites for hydroxylation is 1. The quantitative estimate of drug-likeness (QED) is 0.929. The number of benzene rings is 1. The molecule has 0 aliphatic carbocycles. The van der Waals surface area contributed by atoms with Gasteiger partial charge in [-0.1, -0.05) is 22.0 Å². The number of nitrogens with zero attached hydrogens (tertiary/aromatic N) is 4. The molecule has 0 bridgehead atoms. The summed E-state index contributed by atoms with van der Waals surface area (Å²) in [4.78, 5) is 1.35. The molecule has 1 heterocycles. The fourth-order valence-corrected chi connectivity index (χ4v) is 2.20. The van der Waals surface area contributed by atoms with Gasteiger partial charge in [0.25, 0.3) is 0 Å². The molecule has 0 aliphatic rings. The van der Waals surface area contributed by atoms with Crippen LogP contribution >= 0.6 is 15.9 Å². The topological polar surface area (TPSA) is 69.6 Å². The van der Waals surface area contributed by atoms with E-state index >= 15 is 0 Å². The molecule has 90 valence electrons. The Morgan fingerprint density at radius 2 is 2.29 bits per heavy atom. The molecule has 1 aromatic heterocycles. The molecule has 2 N–H and O–H groups in total. The van der Waals surface area contributed by atoms with E-state index in [0.717, 1.165) is 0 Å². The number of hydrogen-bond donors (Lipinski definition) is 1. The van der Waals surface area contributed by atoms with Gasteiger partial charge in [-0.3, -0.25) is 0 Å². The molecule has 2 aromatic rings. The zero-order valence-corrected chi connectivity index (χ0v) is 10.7. The fraction of sp³-hybridized carbons (Fsp3) is 0.300. The van der Waals surface area contributed by atoms with Gasteiger partial charge < -0.3 is 5.73 Å². The molecule has 0 fully saturated rings. The minimum Gasteiger partial charge on any atom is -0.323 e. The largest absolute Gasteiger partial charge is 0.323 e. The predicted molar refractivity (Wildman–Crippen MR) is 63.5 cm³/mol. The van der Waals surface area contributed by atoms with Crippen LogP contribution in [0.3, 0.4) is 0 Å². The Balaban J connectivity index is 2.22. The number of nitrogens with two attached hydrogens (primary N) is 1. The average molecular weight is 300 g/mol. The lowest BCUT2D eigenvalue weighted by molar-refractivity contribution is 0.570. The van der Waals surface area contributed by atoms with Gasteiger partial charge in [-0.2, -0.15) is 4.80 Å². The normalized spacial score (nSPS) is 12.7. The second-order valence-corrected chi connectivity index (χ2v) is 4.50. The molecule has 2 rings (SSSR count). The van der Waals surface area contributed by atoms with Crippen LogP contribution in [0.2, 0.25) is 0 Å². The Morgan fingerprint density at radius 1 is 1.53 bits per heavy atom. The second kappa shape index (κ2) is 4.89. The van der Waals surface area contributed by atoms with E-state index in [9.17, 15) is 4.39 Å². The van der Waals surface area contributed by atoms with Crippen LogP contribution < -0.4 is 5.73 Å².